The number of nitrogens with two attached hydrogens (primary N) is 1. The summed E-state index contributed by atoms with van der Waals surface area (Å²) in [6.45, 7) is 4.28. The third kappa shape index (κ3) is 4.80. The first-order chi connectivity index (χ1) is 13.0. The van der Waals surface area contributed by atoms with Gasteiger partial charge in [-0.2, -0.15) is 0 Å². The van der Waals surface area contributed by atoms with Gasteiger partial charge in [0.2, 0.25) is 11.0 Å². The van der Waals surface area contributed by atoms with Gasteiger partial charge in [-0.3, -0.25) is 4.79 Å². The Bertz CT molecular complexity index is 834. The van der Waals surface area contributed by atoms with E-state index in [1.807, 2.05) is 0 Å². The third-order valence-corrected chi connectivity index (χ3v) is 7.48. The molecule has 1 aliphatic rings. The molecule has 0 aliphatic heterocycles. The van der Waals surface area contributed by atoms with Gasteiger partial charge in [-0.05, 0) is 37.7 Å². The molecular weight excluding hydrogens is 404 g/mol. The van der Waals surface area contributed by atoms with Crippen molar-refractivity contribution < 1.29 is 14.3 Å². The minimum Gasteiger partial charge on any atom is -0.462 e. The highest BCUT2D eigenvalue weighted by molar-refractivity contribution is 8.01. The summed E-state index contributed by atoms with van der Waals surface area (Å²) in [5.41, 5.74) is 7.13. The summed E-state index contributed by atoms with van der Waals surface area (Å²) < 4.78 is 5.88. The Morgan fingerprint density at radius 1 is 1.33 bits per heavy atom. The first-order valence-corrected chi connectivity index (χ1v) is 11.5. The average molecular weight is 427 g/mol. The van der Waals surface area contributed by atoms with Crippen LogP contribution in [0.2, 0.25) is 0 Å². The molecule has 10 heteroatoms. The number of fused-ring (bicyclic) bond motifs is 1. The topological polar surface area (TPSA) is 107 Å². The minimum atomic E-state index is -0.357. The predicted octanol–water partition coefficient (Wildman–Crippen LogP) is 3.60. The van der Waals surface area contributed by atoms with Crippen molar-refractivity contribution in [2.75, 3.05) is 23.4 Å². The van der Waals surface area contributed by atoms with E-state index in [0.29, 0.717) is 32.6 Å². The number of thioether (sulfide) groups is 1. The molecule has 1 amide bonds. The lowest BCUT2D eigenvalue weighted by Crippen LogP contribution is -2.18. The number of rotatable bonds is 7. The fraction of sp³-hybridized carbons (Fsp3) is 0.529. The van der Waals surface area contributed by atoms with E-state index < -0.39 is 0 Å². The van der Waals surface area contributed by atoms with Crippen LogP contribution in [0.5, 0.6) is 0 Å². The number of hydrogen-bond donors (Lipinski definition) is 2. The molecule has 7 nitrogen and oxygen atoms in total. The van der Waals surface area contributed by atoms with E-state index in [0.717, 1.165) is 31.2 Å². The fourth-order valence-corrected chi connectivity index (χ4v) is 5.88. The smallest absolute Gasteiger partial charge is 0.341 e. The lowest BCUT2D eigenvalue weighted by molar-refractivity contribution is -0.113. The molecule has 2 aromatic rings. The summed E-state index contributed by atoms with van der Waals surface area (Å²) in [6.07, 6.45) is 3.99. The second-order valence-corrected chi connectivity index (χ2v) is 9.53. The molecule has 0 fully saturated rings. The second-order valence-electron chi connectivity index (χ2n) is 6.19. The van der Waals surface area contributed by atoms with Crippen molar-refractivity contribution in [3.05, 3.63) is 16.0 Å². The van der Waals surface area contributed by atoms with Crippen molar-refractivity contribution in [1.82, 2.24) is 10.2 Å². The minimum absolute atomic E-state index is 0.178. The Kier molecular flexibility index (Phi) is 6.72. The number of aromatic nitrogens is 2. The lowest BCUT2D eigenvalue weighted by atomic mass is 9.85. The largest absolute Gasteiger partial charge is 0.462 e. The van der Waals surface area contributed by atoms with E-state index >= 15 is 0 Å². The molecular formula is C17H22N4O3S3. The number of carbonyl (C=O) groups excluding carboxylic acids is 2. The monoisotopic (exact) mass is 426 g/mol. The van der Waals surface area contributed by atoms with Crippen molar-refractivity contribution in [2.45, 2.75) is 43.9 Å². The number of nitrogen functional groups attached to an aromatic ring is 1. The van der Waals surface area contributed by atoms with Gasteiger partial charge in [0.1, 0.15) is 5.00 Å². The third-order valence-electron chi connectivity index (χ3n) is 4.43. The zero-order valence-corrected chi connectivity index (χ0v) is 17.7. The van der Waals surface area contributed by atoms with Crippen LogP contribution in [0.25, 0.3) is 0 Å². The Hall–Kier alpha value is -1.65. The van der Waals surface area contributed by atoms with Crippen LogP contribution >= 0.6 is 34.4 Å². The van der Waals surface area contributed by atoms with Gasteiger partial charge in [-0.15, -0.1) is 21.5 Å². The van der Waals surface area contributed by atoms with Crippen molar-refractivity contribution in [2.24, 2.45) is 5.92 Å². The average Bonchev–Trinajstić information content (AvgIpc) is 3.22. The van der Waals surface area contributed by atoms with Gasteiger partial charge in [0.15, 0.2) is 4.34 Å². The number of esters is 1. The van der Waals surface area contributed by atoms with E-state index in [-0.39, 0.29) is 17.6 Å². The Morgan fingerprint density at radius 3 is 2.81 bits per heavy atom. The maximum Gasteiger partial charge on any atom is 0.341 e. The molecule has 3 rings (SSSR count). The number of anilines is 2. The van der Waals surface area contributed by atoms with Crippen LogP contribution in [0.1, 0.15) is 47.5 Å². The molecule has 0 saturated heterocycles. The Labute approximate surface area is 170 Å². The van der Waals surface area contributed by atoms with Gasteiger partial charge in [0, 0.05) is 4.88 Å². The normalized spacial score (nSPS) is 16.0. The first kappa shape index (κ1) is 20.1. The molecule has 27 heavy (non-hydrogen) atoms. The molecule has 0 unspecified atom stereocenters. The van der Waals surface area contributed by atoms with E-state index in [9.17, 15) is 9.59 Å². The maximum absolute atomic E-state index is 12.5. The van der Waals surface area contributed by atoms with Crippen LogP contribution in [-0.4, -0.2) is 34.4 Å². The molecule has 0 radical (unpaired) electrons. The number of thiophene rings is 1. The highest BCUT2D eigenvalue weighted by Gasteiger charge is 2.29. The molecule has 1 aliphatic carbocycles. The van der Waals surface area contributed by atoms with Crippen LogP contribution in [0.4, 0.5) is 10.1 Å². The summed E-state index contributed by atoms with van der Waals surface area (Å²) >= 11 is 4.02. The van der Waals surface area contributed by atoms with Gasteiger partial charge < -0.3 is 15.8 Å². The summed E-state index contributed by atoms with van der Waals surface area (Å²) in [5, 5.41) is 11.5. The van der Waals surface area contributed by atoms with Crippen molar-refractivity contribution in [3.63, 3.8) is 0 Å². The molecule has 0 spiro atoms. The summed E-state index contributed by atoms with van der Waals surface area (Å²) in [5.74, 6) is 0.264. The van der Waals surface area contributed by atoms with Crippen LogP contribution in [0, 0.1) is 5.92 Å². The Morgan fingerprint density at radius 2 is 2.15 bits per heavy atom. The zero-order valence-electron chi connectivity index (χ0n) is 15.2. The molecule has 3 N–H and O–H groups in total. The predicted molar refractivity (Wildman–Crippen MR) is 110 cm³/mol. The van der Waals surface area contributed by atoms with Gasteiger partial charge in [-0.1, -0.05) is 36.4 Å². The fourth-order valence-electron chi connectivity index (χ4n) is 3.08. The van der Waals surface area contributed by atoms with Crippen molar-refractivity contribution in [3.8, 4) is 0 Å². The van der Waals surface area contributed by atoms with Gasteiger partial charge in [0.25, 0.3) is 0 Å². The van der Waals surface area contributed by atoms with E-state index in [4.69, 9.17) is 10.5 Å². The highest BCUT2D eigenvalue weighted by Crippen LogP contribution is 2.41. The molecule has 1 atom stereocenters. The zero-order chi connectivity index (χ0) is 19.4. The van der Waals surface area contributed by atoms with Crippen LogP contribution in [0.15, 0.2) is 4.34 Å². The number of ether oxygens (including phenoxy) is 1. The van der Waals surface area contributed by atoms with E-state index in [1.165, 1.54) is 39.3 Å². The lowest BCUT2D eigenvalue weighted by Gasteiger charge is -2.20. The molecule has 2 aromatic heterocycles. The van der Waals surface area contributed by atoms with Crippen LogP contribution in [0.3, 0.4) is 0 Å². The van der Waals surface area contributed by atoms with Gasteiger partial charge >= 0.3 is 5.97 Å². The molecule has 0 aromatic carbocycles. The SMILES string of the molecule is CCOC(=O)c1c(NC(=O)CSc2nnc(N)s2)sc2c1CC[C@H](CC)C2. The van der Waals surface area contributed by atoms with Crippen molar-refractivity contribution >= 4 is 56.4 Å². The summed E-state index contributed by atoms with van der Waals surface area (Å²) in [7, 11) is 0. The van der Waals surface area contributed by atoms with Gasteiger partial charge in [-0.25, -0.2) is 4.79 Å². The number of hydrogen-bond acceptors (Lipinski definition) is 9. The summed E-state index contributed by atoms with van der Waals surface area (Å²) in [6, 6.07) is 0. The standard InChI is InChI=1S/C17H22N4O3S3/c1-3-9-5-6-10-11(7-9)26-14(13(10)15(23)24-4-2)19-12(22)8-25-17-21-20-16(18)27-17/h9H,3-8H2,1-2H3,(H2,18,20)(H,19,22)/t9-/m0/s1. The van der Waals surface area contributed by atoms with E-state index in [1.54, 1.807) is 6.92 Å². The molecule has 0 saturated carbocycles. The Balaban J connectivity index is 1.75. The molecule has 2 heterocycles. The molecule has 146 valence electrons. The number of nitrogens with zero attached hydrogens (tertiary/aromatic N) is 2. The van der Waals surface area contributed by atoms with Gasteiger partial charge in [0.05, 0.1) is 17.9 Å². The summed E-state index contributed by atoms with van der Waals surface area (Å²) in [4.78, 5) is 26.1. The van der Waals surface area contributed by atoms with E-state index in [2.05, 4.69) is 22.4 Å². The number of amides is 1. The van der Waals surface area contributed by atoms with Crippen LogP contribution < -0.4 is 11.1 Å². The van der Waals surface area contributed by atoms with Crippen LogP contribution in [-0.2, 0) is 22.4 Å². The maximum atomic E-state index is 12.5. The molecule has 0 bridgehead atoms. The first-order valence-electron chi connectivity index (χ1n) is 8.85. The number of carbonyl (C=O) groups is 2. The number of nitrogens with one attached hydrogen (secondary N) is 1. The van der Waals surface area contributed by atoms with Crippen molar-refractivity contribution in [1.29, 1.82) is 0 Å². The second kappa shape index (κ2) is 9.03. The highest BCUT2D eigenvalue weighted by atomic mass is 32.2. The quantitative estimate of drug-likeness (QED) is 0.514.